The third-order valence-corrected chi connectivity index (χ3v) is 2.27. The van der Waals surface area contributed by atoms with Crippen LogP contribution in [0.3, 0.4) is 0 Å². The zero-order valence-electron chi connectivity index (χ0n) is 9.83. The number of halogens is 1. The molecule has 0 aliphatic carbocycles. The maximum Gasteiger partial charge on any atom is 0.329 e. The molecule has 0 atom stereocenters. The van der Waals surface area contributed by atoms with Gasteiger partial charge in [0.05, 0.1) is 12.7 Å². The topological polar surface area (TPSA) is 100 Å². The van der Waals surface area contributed by atoms with E-state index in [1.165, 1.54) is 13.2 Å². The lowest BCUT2D eigenvalue weighted by molar-refractivity contribution is 0.0998. The van der Waals surface area contributed by atoms with Gasteiger partial charge in [-0.2, -0.15) is 9.97 Å². The van der Waals surface area contributed by atoms with Gasteiger partial charge < -0.3 is 15.2 Å². The van der Waals surface area contributed by atoms with E-state index in [1.807, 2.05) is 0 Å². The van der Waals surface area contributed by atoms with Crippen LogP contribution in [-0.2, 0) is 0 Å². The number of nitrogens with zero attached hydrogens (tertiary/aromatic N) is 3. The van der Waals surface area contributed by atoms with Crippen LogP contribution in [0.5, 0.6) is 17.8 Å². The summed E-state index contributed by atoms with van der Waals surface area (Å²) in [5.74, 6) is -0.401. The quantitative estimate of drug-likeness (QED) is 0.909. The molecule has 0 saturated heterocycles. The molecule has 1 heterocycles. The number of primary amides is 1. The molecule has 0 radical (unpaired) electrons. The monoisotopic (exact) mass is 280 g/mol. The maximum atomic E-state index is 11.2. The molecular weight excluding hydrogens is 272 g/mol. The molecule has 1 amide bonds. The van der Waals surface area contributed by atoms with E-state index in [0.717, 1.165) is 0 Å². The molecule has 1 aromatic carbocycles. The molecule has 2 rings (SSSR count). The summed E-state index contributed by atoms with van der Waals surface area (Å²) < 4.78 is 10.2. The Morgan fingerprint density at radius 2 is 1.89 bits per heavy atom. The number of hydrogen-bond acceptors (Lipinski definition) is 6. The second-order valence-corrected chi connectivity index (χ2v) is 3.67. The van der Waals surface area contributed by atoms with Crippen LogP contribution in [0.25, 0.3) is 0 Å². The summed E-state index contributed by atoms with van der Waals surface area (Å²) in [5.41, 5.74) is 5.44. The number of aromatic nitrogens is 3. The maximum absolute atomic E-state index is 11.2. The van der Waals surface area contributed by atoms with E-state index >= 15 is 0 Å². The van der Waals surface area contributed by atoms with Gasteiger partial charge in [-0.05, 0) is 23.7 Å². The van der Waals surface area contributed by atoms with Crippen molar-refractivity contribution in [3.05, 3.63) is 35.1 Å². The molecule has 8 heteroatoms. The number of benzene rings is 1. The first-order chi connectivity index (χ1) is 9.10. The molecule has 0 unspecified atom stereocenters. The molecule has 0 spiro atoms. The van der Waals surface area contributed by atoms with Crippen molar-refractivity contribution in [3.8, 4) is 17.8 Å². The van der Waals surface area contributed by atoms with Crippen molar-refractivity contribution >= 4 is 17.5 Å². The lowest BCUT2D eigenvalue weighted by atomic mass is 10.2. The fourth-order valence-electron chi connectivity index (χ4n) is 1.31. The van der Waals surface area contributed by atoms with E-state index in [4.69, 9.17) is 26.8 Å². The molecule has 0 fully saturated rings. The van der Waals surface area contributed by atoms with Crippen LogP contribution in [0.1, 0.15) is 10.4 Å². The molecule has 1 aromatic heterocycles. The van der Waals surface area contributed by atoms with Crippen LogP contribution in [0.2, 0.25) is 5.28 Å². The zero-order chi connectivity index (χ0) is 13.8. The Kier molecular flexibility index (Phi) is 3.76. The van der Waals surface area contributed by atoms with Crippen LogP contribution in [0.4, 0.5) is 0 Å². The number of carbonyl (C=O) groups is 1. The second kappa shape index (κ2) is 5.49. The smallest absolute Gasteiger partial charge is 0.329 e. The Labute approximate surface area is 113 Å². The van der Waals surface area contributed by atoms with Gasteiger partial charge in [0.2, 0.25) is 5.28 Å². The van der Waals surface area contributed by atoms with Crippen molar-refractivity contribution in [2.24, 2.45) is 5.73 Å². The molecule has 0 aliphatic heterocycles. The highest BCUT2D eigenvalue weighted by Gasteiger charge is 2.12. The SMILES string of the molecule is COc1nc(Cl)nc(Oc2ccccc2C(N)=O)n1. The van der Waals surface area contributed by atoms with E-state index < -0.39 is 5.91 Å². The molecule has 0 saturated carbocycles. The minimum atomic E-state index is -0.622. The summed E-state index contributed by atoms with van der Waals surface area (Å²) in [6.45, 7) is 0. The van der Waals surface area contributed by atoms with E-state index in [9.17, 15) is 4.79 Å². The Morgan fingerprint density at radius 3 is 2.58 bits per heavy atom. The van der Waals surface area contributed by atoms with Crippen molar-refractivity contribution in [2.75, 3.05) is 7.11 Å². The van der Waals surface area contributed by atoms with E-state index in [2.05, 4.69) is 15.0 Å². The first kappa shape index (κ1) is 13.0. The summed E-state index contributed by atoms with van der Waals surface area (Å²) in [6.07, 6.45) is 0. The average molecular weight is 281 g/mol. The van der Waals surface area contributed by atoms with Gasteiger partial charge in [0.1, 0.15) is 5.75 Å². The van der Waals surface area contributed by atoms with Crippen molar-refractivity contribution < 1.29 is 14.3 Å². The molecular formula is C11H9ClN4O3. The standard InChI is InChI=1S/C11H9ClN4O3/c1-18-10-14-9(12)15-11(16-10)19-7-5-3-2-4-6(7)8(13)17/h2-5H,1H3,(H2,13,17). The number of para-hydroxylation sites is 1. The van der Waals surface area contributed by atoms with E-state index in [-0.39, 0.29) is 28.6 Å². The number of methoxy groups -OCH3 is 1. The van der Waals surface area contributed by atoms with Gasteiger partial charge in [-0.25, -0.2) is 0 Å². The van der Waals surface area contributed by atoms with Crippen LogP contribution in [0.15, 0.2) is 24.3 Å². The average Bonchev–Trinajstić information content (AvgIpc) is 2.38. The Hall–Kier alpha value is -2.41. The van der Waals surface area contributed by atoms with Crippen LogP contribution in [0, 0.1) is 0 Å². The van der Waals surface area contributed by atoms with Crippen LogP contribution < -0.4 is 15.2 Å². The third-order valence-electron chi connectivity index (χ3n) is 2.10. The normalized spacial score (nSPS) is 10.0. The highest BCUT2D eigenvalue weighted by molar-refractivity contribution is 6.28. The fourth-order valence-corrected chi connectivity index (χ4v) is 1.45. The Morgan fingerprint density at radius 1 is 1.21 bits per heavy atom. The van der Waals surface area contributed by atoms with Gasteiger partial charge >= 0.3 is 12.0 Å². The van der Waals surface area contributed by atoms with Crippen molar-refractivity contribution in [1.29, 1.82) is 0 Å². The first-order valence-electron chi connectivity index (χ1n) is 5.12. The van der Waals surface area contributed by atoms with Crippen molar-refractivity contribution in [2.45, 2.75) is 0 Å². The van der Waals surface area contributed by atoms with Crippen LogP contribution >= 0.6 is 11.6 Å². The minimum Gasteiger partial charge on any atom is -0.467 e. The van der Waals surface area contributed by atoms with Gasteiger partial charge in [-0.1, -0.05) is 12.1 Å². The lowest BCUT2D eigenvalue weighted by Gasteiger charge is -2.07. The third kappa shape index (κ3) is 3.08. The summed E-state index contributed by atoms with van der Waals surface area (Å²) in [6, 6.07) is 6.34. The number of hydrogen-bond donors (Lipinski definition) is 1. The molecule has 2 N–H and O–H groups in total. The van der Waals surface area contributed by atoms with Gasteiger partial charge in [0, 0.05) is 0 Å². The summed E-state index contributed by atoms with van der Waals surface area (Å²) in [7, 11) is 1.38. The predicted octanol–water partition coefficient (Wildman–Crippen LogP) is 1.42. The highest BCUT2D eigenvalue weighted by atomic mass is 35.5. The van der Waals surface area contributed by atoms with Gasteiger partial charge in [0.25, 0.3) is 5.91 Å². The van der Waals surface area contributed by atoms with Crippen LogP contribution in [-0.4, -0.2) is 28.0 Å². The molecule has 0 aliphatic rings. The Balaban J connectivity index is 2.36. The molecule has 2 aromatic rings. The molecule has 98 valence electrons. The fraction of sp³-hybridized carbons (Fsp3) is 0.0909. The number of carbonyl (C=O) groups excluding carboxylic acids is 1. The van der Waals surface area contributed by atoms with Crippen molar-refractivity contribution in [3.63, 3.8) is 0 Å². The number of amides is 1. The summed E-state index contributed by atoms with van der Waals surface area (Å²) >= 11 is 5.68. The van der Waals surface area contributed by atoms with E-state index in [1.54, 1.807) is 18.2 Å². The largest absolute Gasteiger partial charge is 0.467 e. The van der Waals surface area contributed by atoms with Gasteiger partial charge in [-0.3, -0.25) is 4.79 Å². The predicted molar refractivity (Wildman–Crippen MR) is 66.4 cm³/mol. The Bertz CT molecular complexity index is 621. The molecule has 19 heavy (non-hydrogen) atoms. The number of ether oxygens (including phenoxy) is 2. The summed E-state index contributed by atoms with van der Waals surface area (Å²) in [5, 5.41) is -0.0848. The zero-order valence-corrected chi connectivity index (χ0v) is 10.6. The van der Waals surface area contributed by atoms with Gasteiger partial charge in [0.15, 0.2) is 0 Å². The van der Waals surface area contributed by atoms with Crippen molar-refractivity contribution in [1.82, 2.24) is 15.0 Å². The number of nitrogens with two attached hydrogens (primary N) is 1. The molecule has 0 bridgehead atoms. The van der Waals surface area contributed by atoms with Gasteiger partial charge in [-0.15, -0.1) is 4.98 Å². The minimum absolute atomic E-state index is 0.00607. The molecule has 7 nitrogen and oxygen atoms in total. The highest BCUT2D eigenvalue weighted by Crippen LogP contribution is 2.23. The summed E-state index contributed by atoms with van der Waals surface area (Å²) in [4.78, 5) is 22.6. The number of rotatable bonds is 4. The first-order valence-corrected chi connectivity index (χ1v) is 5.50. The van der Waals surface area contributed by atoms with E-state index in [0.29, 0.717) is 0 Å². The second-order valence-electron chi connectivity index (χ2n) is 3.34. The lowest BCUT2D eigenvalue weighted by Crippen LogP contribution is -2.12.